The number of aliphatic hydroxyl groups is 1. The molecule has 0 radical (unpaired) electrons. The van der Waals surface area contributed by atoms with Gasteiger partial charge < -0.3 is 10.4 Å². The van der Waals surface area contributed by atoms with Gasteiger partial charge in [0.2, 0.25) is 0 Å². The fourth-order valence-corrected chi connectivity index (χ4v) is 3.52. The SMILES string of the molecule is CCS[C@H]1CC[C@@]1(O)CNC(=O)c1c(F)cc(F)cc1F. The number of hydrogen-bond donors (Lipinski definition) is 2. The number of halogens is 3. The molecular formula is C14H16F3NO2S. The van der Waals surface area contributed by atoms with E-state index >= 15 is 0 Å². The van der Waals surface area contributed by atoms with E-state index in [0.717, 1.165) is 12.2 Å². The lowest BCUT2D eigenvalue weighted by Gasteiger charge is -2.45. The Morgan fingerprint density at radius 1 is 1.43 bits per heavy atom. The topological polar surface area (TPSA) is 49.3 Å². The summed E-state index contributed by atoms with van der Waals surface area (Å²) >= 11 is 1.58. The molecule has 0 heterocycles. The summed E-state index contributed by atoms with van der Waals surface area (Å²) in [6.07, 6.45) is 1.36. The quantitative estimate of drug-likeness (QED) is 0.877. The molecule has 21 heavy (non-hydrogen) atoms. The van der Waals surface area contributed by atoms with Crippen LogP contribution in [0, 0.1) is 17.5 Å². The highest BCUT2D eigenvalue weighted by Crippen LogP contribution is 2.40. The minimum atomic E-state index is -1.26. The summed E-state index contributed by atoms with van der Waals surface area (Å²) in [4.78, 5) is 11.8. The minimum absolute atomic E-state index is 0.00529. The van der Waals surface area contributed by atoms with Crippen molar-refractivity contribution in [2.24, 2.45) is 0 Å². The number of nitrogens with one attached hydrogen (secondary N) is 1. The van der Waals surface area contributed by atoms with E-state index in [2.05, 4.69) is 5.32 Å². The molecule has 0 aliphatic heterocycles. The van der Waals surface area contributed by atoms with Gasteiger partial charge in [0.05, 0.1) is 5.60 Å². The van der Waals surface area contributed by atoms with Crippen molar-refractivity contribution in [1.29, 1.82) is 0 Å². The van der Waals surface area contributed by atoms with Gasteiger partial charge in [0, 0.05) is 23.9 Å². The van der Waals surface area contributed by atoms with E-state index in [4.69, 9.17) is 0 Å². The molecule has 1 aliphatic carbocycles. The van der Waals surface area contributed by atoms with Gasteiger partial charge in [0.15, 0.2) is 0 Å². The van der Waals surface area contributed by atoms with Gasteiger partial charge >= 0.3 is 0 Å². The van der Waals surface area contributed by atoms with Gasteiger partial charge in [-0.25, -0.2) is 13.2 Å². The fourth-order valence-electron chi connectivity index (χ4n) is 2.32. The molecule has 0 unspecified atom stereocenters. The lowest BCUT2D eigenvalue weighted by Crippen LogP contribution is -2.57. The van der Waals surface area contributed by atoms with Crippen LogP contribution in [0.15, 0.2) is 12.1 Å². The Balaban J connectivity index is 2.03. The van der Waals surface area contributed by atoms with E-state index in [1.54, 1.807) is 11.8 Å². The fraction of sp³-hybridized carbons (Fsp3) is 0.500. The van der Waals surface area contributed by atoms with Gasteiger partial charge in [-0.3, -0.25) is 4.79 Å². The maximum atomic E-state index is 13.5. The summed E-state index contributed by atoms with van der Waals surface area (Å²) in [6.45, 7) is 1.88. The second-order valence-electron chi connectivity index (χ2n) is 5.01. The van der Waals surface area contributed by atoms with Gasteiger partial charge in [0.25, 0.3) is 5.91 Å². The predicted molar refractivity (Wildman–Crippen MR) is 74.8 cm³/mol. The molecular weight excluding hydrogens is 303 g/mol. The molecule has 0 aromatic heterocycles. The average Bonchev–Trinajstić information content (AvgIpc) is 2.39. The molecule has 0 spiro atoms. The van der Waals surface area contributed by atoms with E-state index in [0.29, 0.717) is 18.6 Å². The van der Waals surface area contributed by atoms with Gasteiger partial charge in [-0.15, -0.1) is 0 Å². The lowest BCUT2D eigenvalue weighted by atomic mass is 9.79. The van der Waals surface area contributed by atoms with Crippen LogP contribution in [0.3, 0.4) is 0 Å². The monoisotopic (exact) mass is 319 g/mol. The molecule has 0 saturated heterocycles. The molecule has 1 aliphatic rings. The Bertz CT molecular complexity index is 532. The third-order valence-corrected chi connectivity index (χ3v) is 5.01. The average molecular weight is 319 g/mol. The molecule has 7 heteroatoms. The van der Waals surface area contributed by atoms with Gasteiger partial charge in [-0.05, 0) is 18.6 Å². The molecule has 3 nitrogen and oxygen atoms in total. The normalized spacial score (nSPS) is 24.5. The highest BCUT2D eigenvalue weighted by Gasteiger charge is 2.45. The van der Waals surface area contributed by atoms with Crippen molar-refractivity contribution in [1.82, 2.24) is 5.32 Å². The van der Waals surface area contributed by atoms with Crippen molar-refractivity contribution in [2.45, 2.75) is 30.6 Å². The first-order chi connectivity index (χ1) is 9.87. The maximum absolute atomic E-state index is 13.5. The van der Waals surface area contributed by atoms with Crippen molar-refractivity contribution in [3.05, 3.63) is 35.1 Å². The number of amides is 1. The Morgan fingerprint density at radius 3 is 2.52 bits per heavy atom. The number of thioether (sulfide) groups is 1. The summed E-state index contributed by atoms with van der Waals surface area (Å²) in [5.41, 5.74) is -1.89. The molecule has 116 valence electrons. The van der Waals surface area contributed by atoms with Crippen molar-refractivity contribution in [2.75, 3.05) is 12.3 Å². The first kappa shape index (κ1) is 16.2. The predicted octanol–water partition coefficient (Wildman–Crippen LogP) is 2.48. The molecule has 1 aromatic rings. The highest BCUT2D eigenvalue weighted by molar-refractivity contribution is 8.00. The standard InChI is InChI=1S/C14H16F3NO2S/c1-2-21-11-3-4-14(11,20)7-18-13(19)12-9(16)5-8(15)6-10(12)17/h5-6,11,20H,2-4,7H2,1H3,(H,18,19)/t11-,14+/m0/s1. The molecule has 1 amide bonds. The number of benzene rings is 1. The van der Waals surface area contributed by atoms with Crippen molar-refractivity contribution in [3.63, 3.8) is 0 Å². The number of rotatable bonds is 5. The van der Waals surface area contributed by atoms with E-state index < -0.39 is 34.5 Å². The van der Waals surface area contributed by atoms with Crippen LogP contribution in [0.5, 0.6) is 0 Å². The van der Waals surface area contributed by atoms with Crippen LogP contribution in [0.2, 0.25) is 0 Å². The molecule has 2 atom stereocenters. The van der Waals surface area contributed by atoms with Crippen LogP contribution in [0.25, 0.3) is 0 Å². The van der Waals surface area contributed by atoms with Crippen LogP contribution >= 0.6 is 11.8 Å². The van der Waals surface area contributed by atoms with Gasteiger partial charge in [-0.2, -0.15) is 11.8 Å². The zero-order valence-corrected chi connectivity index (χ0v) is 12.3. The van der Waals surface area contributed by atoms with Crippen molar-refractivity contribution < 1.29 is 23.1 Å². The smallest absolute Gasteiger partial charge is 0.257 e. The van der Waals surface area contributed by atoms with Crippen LogP contribution in [-0.4, -0.2) is 34.2 Å². The first-order valence-electron chi connectivity index (χ1n) is 6.64. The third-order valence-electron chi connectivity index (χ3n) is 3.60. The highest BCUT2D eigenvalue weighted by atomic mass is 32.2. The van der Waals surface area contributed by atoms with E-state index in [1.165, 1.54) is 0 Å². The van der Waals surface area contributed by atoms with Gasteiger partial charge in [-0.1, -0.05) is 6.92 Å². The third kappa shape index (κ3) is 3.35. The molecule has 0 bridgehead atoms. The van der Waals surface area contributed by atoms with Crippen molar-refractivity contribution >= 4 is 17.7 Å². The van der Waals surface area contributed by atoms with E-state index in [9.17, 15) is 23.1 Å². The van der Waals surface area contributed by atoms with E-state index in [-0.39, 0.29) is 11.8 Å². The molecule has 1 fully saturated rings. The molecule has 1 aromatic carbocycles. The minimum Gasteiger partial charge on any atom is -0.387 e. The van der Waals surface area contributed by atoms with Crippen molar-refractivity contribution in [3.8, 4) is 0 Å². The largest absolute Gasteiger partial charge is 0.387 e. The zero-order chi connectivity index (χ0) is 15.6. The summed E-state index contributed by atoms with van der Waals surface area (Å²) in [7, 11) is 0. The number of carbonyl (C=O) groups is 1. The Labute approximate surface area is 124 Å². The maximum Gasteiger partial charge on any atom is 0.257 e. The van der Waals surface area contributed by atoms with Crippen LogP contribution < -0.4 is 5.32 Å². The summed E-state index contributed by atoms with van der Waals surface area (Å²) in [6, 6.07) is 0.900. The molecule has 2 N–H and O–H groups in total. The first-order valence-corrected chi connectivity index (χ1v) is 7.69. The Hall–Kier alpha value is -1.21. The second-order valence-corrected chi connectivity index (χ2v) is 6.49. The zero-order valence-electron chi connectivity index (χ0n) is 11.5. The van der Waals surface area contributed by atoms with Crippen LogP contribution in [0.4, 0.5) is 13.2 Å². The number of hydrogen-bond acceptors (Lipinski definition) is 3. The lowest BCUT2D eigenvalue weighted by molar-refractivity contribution is -0.0222. The summed E-state index contributed by atoms with van der Waals surface area (Å²) in [5, 5.41) is 12.6. The van der Waals surface area contributed by atoms with Crippen LogP contribution in [-0.2, 0) is 0 Å². The molecule has 1 saturated carbocycles. The van der Waals surface area contributed by atoms with Gasteiger partial charge in [0.1, 0.15) is 23.0 Å². The number of carbonyl (C=O) groups excluding carboxylic acids is 1. The Morgan fingerprint density at radius 2 is 2.05 bits per heavy atom. The molecule has 2 rings (SSSR count). The summed E-state index contributed by atoms with van der Waals surface area (Å²) < 4.78 is 39.7. The summed E-state index contributed by atoms with van der Waals surface area (Å²) in [5.74, 6) is -3.76. The van der Waals surface area contributed by atoms with E-state index in [1.807, 2.05) is 6.92 Å². The Kier molecular flexibility index (Phi) is 4.83. The second kappa shape index (κ2) is 6.27. The van der Waals surface area contributed by atoms with Crippen LogP contribution in [0.1, 0.15) is 30.1 Å².